The molecule has 114 valence electrons. The first-order valence-corrected chi connectivity index (χ1v) is 6.22. The smallest absolute Gasteiger partial charge is 0.327 e. The van der Waals surface area contributed by atoms with Crippen molar-refractivity contribution in [3.05, 3.63) is 34.2 Å². The summed E-state index contributed by atoms with van der Waals surface area (Å²) in [4.78, 5) is 14.6. The van der Waals surface area contributed by atoms with Crippen molar-refractivity contribution in [1.82, 2.24) is 5.32 Å². The maximum Gasteiger partial charge on any atom is 0.327 e. The van der Waals surface area contributed by atoms with Gasteiger partial charge in [-0.2, -0.15) is 0 Å². The summed E-state index contributed by atoms with van der Waals surface area (Å²) in [7, 11) is 4.36. The summed E-state index contributed by atoms with van der Waals surface area (Å²) in [5.74, 6) is 0.661. The molecule has 1 aromatic carbocycles. The molecule has 8 nitrogen and oxygen atoms in total. The van der Waals surface area contributed by atoms with E-state index in [1.807, 2.05) is 0 Å². The van der Waals surface area contributed by atoms with Crippen molar-refractivity contribution in [3.8, 4) is 11.5 Å². The lowest BCUT2D eigenvalue weighted by Crippen LogP contribution is -2.31. The van der Waals surface area contributed by atoms with Crippen LogP contribution in [0.2, 0.25) is 0 Å². The highest BCUT2D eigenvalue weighted by atomic mass is 16.5. The molecule has 0 spiro atoms. The number of rotatable bonds is 8. The summed E-state index contributed by atoms with van der Waals surface area (Å²) < 4.78 is 15.2. The van der Waals surface area contributed by atoms with Crippen LogP contribution in [0.4, 0.5) is 0 Å². The van der Waals surface area contributed by atoms with E-state index in [9.17, 15) is 4.79 Å². The number of benzene rings is 1. The normalized spacial score (nSPS) is 11.2. The lowest BCUT2D eigenvalue weighted by molar-refractivity contribution is -0.143. The largest absolute Gasteiger partial charge is 0.497 e. The van der Waals surface area contributed by atoms with Gasteiger partial charge in [-0.1, -0.05) is 5.11 Å². The second-order valence-electron chi connectivity index (χ2n) is 3.97. The van der Waals surface area contributed by atoms with Crippen molar-refractivity contribution in [3.63, 3.8) is 0 Å². The van der Waals surface area contributed by atoms with Crippen LogP contribution >= 0.6 is 0 Å². The molecule has 0 aliphatic rings. The van der Waals surface area contributed by atoms with E-state index in [-0.39, 0.29) is 6.54 Å². The summed E-state index contributed by atoms with van der Waals surface area (Å²) in [5.41, 5.74) is 8.87. The van der Waals surface area contributed by atoms with Crippen molar-refractivity contribution in [2.45, 2.75) is 6.04 Å². The fraction of sp³-hybridized carbons (Fsp3) is 0.462. The van der Waals surface area contributed by atoms with Crippen LogP contribution in [0.5, 0.6) is 11.5 Å². The SMILES string of the molecule is COC(=O)C(NCCN=[N+]=[N-])c1ccc(OC)cc1OC. The molecule has 1 atom stereocenters. The van der Waals surface area contributed by atoms with Crippen LogP contribution in [0.1, 0.15) is 11.6 Å². The maximum absolute atomic E-state index is 11.9. The second-order valence-corrected chi connectivity index (χ2v) is 3.97. The van der Waals surface area contributed by atoms with Gasteiger partial charge in [0.1, 0.15) is 17.5 Å². The van der Waals surface area contributed by atoms with Crippen LogP contribution < -0.4 is 14.8 Å². The number of methoxy groups -OCH3 is 3. The molecular weight excluding hydrogens is 276 g/mol. The zero-order valence-corrected chi connectivity index (χ0v) is 12.2. The third-order valence-corrected chi connectivity index (χ3v) is 2.81. The Morgan fingerprint density at radius 3 is 2.71 bits per heavy atom. The van der Waals surface area contributed by atoms with Crippen molar-refractivity contribution in [1.29, 1.82) is 0 Å². The molecule has 0 saturated heterocycles. The highest BCUT2D eigenvalue weighted by molar-refractivity contribution is 5.78. The van der Waals surface area contributed by atoms with Gasteiger partial charge in [-0.25, -0.2) is 4.79 Å². The molecule has 0 saturated carbocycles. The number of azide groups is 1. The van der Waals surface area contributed by atoms with E-state index >= 15 is 0 Å². The minimum Gasteiger partial charge on any atom is -0.497 e. The maximum atomic E-state index is 11.9. The number of ether oxygens (including phenoxy) is 3. The predicted molar refractivity (Wildman–Crippen MR) is 76.3 cm³/mol. The number of carbonyl (C=O) groups excluding carboxylic acids is 1. The first-order valence-electron chi connectivity index (χ1n) is 6.22. The predicted octanol–water partition coefficient (Wildman–Crippen LogP) is 1.82. The van der Waals surface area contributed by atoms with Gasteiger partial charge in [-0.05, 0) is 17.7 Å². The lowest BCUT2D eigenvalue weighted by Gasteiger charge is -2.19. The van der Waals surface area contributed by atoms with Gasteiger partial charge in [-0.3, -0.25) is 0 Å². The highest BCUT2D eigenvalue weighted by Crippen LogP contribution is 2.30. The molecular formula is C13H18N4O4. The third kappa shape index (κ3) is 4.55. The van der Waals surface area contributed by atoms with Gasteiger partial charge >= 0.3 is 5.97 Å². The van der Waals surface area contributed by atoms with Crippen molar-refractivity contribution in [2.24, 2.45) is 5.11 Å². The van der Waals surface area contributed by atoms with E-state index in [1.165, 1.54) is 14.2 Å². The minimum absolute atomic E-state index is 0.225. The van der Waals surface area contributed by atoms with E-state index in [4.69, 9.17) is 19.7 Å². The Kier molecular flexibility index (Phi) is 6.86. The van der Waals surface area contributed by atoms with E-state index in [2.05, 4.69) is 15.3 Å². The van der Waals surface area contributed by atoms with Crippen molar-refractivity contribution >= 4 is 5.97 Å². The molecule has 0 aromatic heterocycles. The van der Waals surface area contributed by atoms with Gasteiger partial charge in [0.25, 0.3) is 0 Å². The van der Waals surface area contributed by atoms with Crippen molar-refractivity contribution in [2.75, 3.05) is 34.4 Å². The number of hydrogen-bond acceptors (Lipinski definition) is 6. The van der Waals surface area contributed by atoms with E-state index in [0.29, 0.717) is 23.6 Å². The quantitative estimate of drug-likeness (QED) is 0.259. The molecule has 0 bridgehead atoms. The molecule has 1 rings (SSSR count). The lowest BCUT2D eigenvalue weighted by atomic mass is 10.1. The minimum atomic E-state index is -0.718. The first-order chi connectivity index (χ1) is 10.2. The van der Waals surface area contributed by atoms with E-state index < -0.39 is 12.0 Å². The van der Waals surface area contributed by atoms with Gasteiger partial charge < -0.3 is 19.5 Å². The average molecular weight is 294 g/mol. The zero-order chi connectivity index (χ0) is 15.7. The Morgan fingerprint density at radius 2 is 2.14 bits per heavy atom. The Balaban J connectivity index is 3.01. The highest BCUT2D eigenvalue weighted by Gasteiger charge is 2.24. The Bertz CT molecular complexity index is 529. The van der Waals surface area contributed by atoms with Gasteiger partial charge in [0.2, 0.25) is 0 Å². The standard InChI is InChI=1S/C13H18N4O4/c1-19-9-4-5-10(11(8-9)20-2)12(13(18)21-3)15-6-7-16-17-14/h4-5,8,12,15H,6-7H2,1-3H3. The van der Waals surface area contributed by atoms with E-state index in [1.54, 1.807) is 25.3 Å². The van der Waals surface area contributed by atoms with Crippen molar-refractivity contribution < 1.29 is 19.0 Å². The van der Waals surface area contributed by atoms with Crippen LogP contribution in [0.3, 0.4) is 0 Å². The van der Waals surface area contributed by atoms with E-state index in [0.717, 1.165) is 0 Å². The summed E-state index contributed by atoms with van der Waals surface area (Å²) in [6, 6.07) is 4.41. The van der Waals surface area contributed by atoms with Gasteiger partial charge in [0.05, 0.1) is 21.3 Å². The van der Waals surface area contributed by atoms with Crippen LogP contribution in [0, 0.1) is 0 Å². The topological polar surface area (TPSA) is 106 Å². The number of nitrogens with zero attached hydrogens (tertiary/aromatic N) is 3. The van der Waals surface area contributed by atoms with Gasteiger partial charge in [-0.15, -0.1) is 0 Å². The number of nitrogens with one attached hydrogen (secondary N) is 1. The van der Waals surface area contributed by atoms with Crippen LogP contribution in [-0.2, 0) is 9.53 Å². The average Bonchev–Trinajstić information content (AvgIpc) is 2.54. The summed E-state index contributed by atoms with van der Waals surface area (Å²) >= 11 is 0. The van der Waals surface area contributed by atoms with Gasteiger partial charge in [0.15, 0.2) is 0 Å². The fourth-order valence-electron chi connectivity index (χ4n) is 1.80. The fourth-order valence-corrected chi connectivity index (χ4v) is 1.80. The van der Waals surface area contributed by atoms with Crippen LogP contribution in [-0.4, -0.2) is 40.4 Å². The monoisotopic (exact) mass is 294 g/mol. The van der Waals surface area contributed by atoms with Gasteiger partial charge in [0, 0.05) is 29.6 Å². The summed E-state index contributed by atoms with van der Waals surface area (Å²) in [6.07, 6.45) is 0. The molecule has 1 N–H and O–H groups in total. The molecule has 21 heavy (non-hydrogen) atoms. The van der Waals surface area contributed by atoms with Crippen LogP contribution in [0.15, 0.2) is 23.3 Å². The molecule has 1 aromatic rings. The van der Waals surface area contributed by atoms with Crippen LogP contribution in [0.25, 0.3) is 10.4 Å². The molecule has 0 amide bonds. The molecule has 0 heterocycles. The summed E-state index contributed by atoms with van der Waals surface area (Å²) in [5, 5.41) is 6.38. The summed E-state index contributed by atoms with van der Waals surface area (Å²) in [6.45, 7) is 0.557. The third-order valence-electron chi connectivity index (χ3n) is 2.81. The molecule has 0 aliphatic heterocycles. The molecule has 1 unspecified atom stereocenters. The Hall–Kier alpha value is -2.44. The molecule has 8 heteroatoms. The Morgan fingerprint density at radius 1 is 1.38 bits per heavy atom. The second kappa shape index (κ2) is 8.68. The molecule has 0 fully saturated rings. The molecule has 0 aliphatic carbocycles. The first kappa shape index (κ1) is 16.6. The molecule has 0 radical (unpaired) electrons. The Labute approximate surface area is 122 Å². The zero-order valence-electron chi connectivity index (χ0n) is 12.2. The number of hydrogen-bond donors (Lipinski definition) is 1. The number of esters is 1. The number of carbonyl (C=O) groups is 1.